The Labute approximate surface area is 85.7 Å². The molecule has 0 bridgehead atoms. The minimum absolute atomic E-state index is 0.520. The summed E-state index contributed by atoms with van der Waals surface area (Å²) in [6, 6.07) is 4.81. The minimum atomic E-state index is 0.520. The number of piperidine rings is 1. The molecule has 2 heterocycles. The smallest absolute Gasteiger partial charge is 0.0372 e. The van der Waals surface area contributed by atoms with Crippen molar-refractivity contribution in [2.45, 2.75) is 32.7 Å². The van der Waals surface area contributed by atoms with E-state index in [9.17, 15) is 0 Å². The molecule has 14 heavy (non-hydrogen) atoms. The van der Waals surface area contributed by atoms with Crippen LogP contribution in [0, 0.1) is 12.8 Å². The molecule has 1 aromatic rings. The van der Waals surface area contributed by atoms with Crippen LogP contribution >= 0.6 is 0 Å². The zero-order chi connectivity index (χ0) is 9.97. The molecule has 0 amide bonds. The van der Waals surface area contributed by atoms with E-state index < -0.39 is 0 Å². The Morgan fingerprint density at radius 1 is 1.43 bits per heavy atom. The van der Waals surface area contributed by atoms with Crippen molar-refractivity contribution in [1.29, 1.82) is 0 Å². The van der Waals surface area contributed by atoms with Crippen LogP contribution in [0.5, 0.6) is 0 Å². The molecule has 0 aromatic carbocycles. The summed E-state index contributed by atoms with van der Waals surface area (Å²) in [5.41, 5.74) is 2.43. The third-order valence-corrected chi connectivity index (χ3v) is 3.00. The van der Waals surface area contributed by atoms with Crippen LogP contribution in [-0.2, 0) is 0 Å². The standard InChI is InChI=1S/C12H18N2/c1-9-5-6-13-12(7-9)11-4-3-10(2)14-8-11/h3-4,8-9,12-13H,5-7H2,1-2H3. The largest absolute Gasteiger partial charge is 0.310 e. The maximum Gasteiger partial charge on any atom is 0.0372 e. The van der Waals surface area contributed by atoms with Crippen LogP contribution < -0.4 is 5.32 Å². The van der Waals surface area contributed by atoms with Gasteiger partial charge in [-0.15, -0.1) is 0 Å². The summed E-state index contributed by atoms with van der Waals surface area (Å²) in [6.07, 6.45) is 4.55. The van der Waals surface area contributed by atoms with E-state index in [2.05, 4.69) is 29.4 Å². The van der Waals surface area contributed by atoms with Crippen molar-refractivity contribution in [3.05, 3.63) is 29.6 Å². The van der Waals surface area contributed by atoms with E-state index in [1.165, 1.54) is 18.4 Å². The number of nitrogens with zero attached hydrogens (tertiary/aromatic N) is 1. The van der Waals surface area contributed by atoms with Crippen molar-refractivity contribution in [1.82, 2.24) is 10.3 Å². The van der Waals surface area contributed by atoms with E-state index in [0.29, 0.717) is 6.04 Å². The summed E-state index contributed by atoms with van der Waals surface area (Å²) in [4.78, 5) is 4.34. The highest BCUT2D eigenvalue weighted by Crippen LogP contribution is 2.26. The highest BCUT2D eigenvalue weighted by atomic mass is 14.9. The fourth-order valence-corrected chi connectivity index (χ4v) is 2.05. The topological polar surface area (TPSA) is 24.9 Å². The maximum atomic E-state index is 4.34. The number of rotatable bonds is 1. The van der Waals surface area contributed by atoms with Gasteiger partial charge in [-0.1, -0.05) is 13.0 Å². The Morgan fingerprint density at radius 2 is 2.29 bits per heavy atom. The molecule has 1 aliphatic rings. The van der Waals surface area contributed by atoms with Gasteiger partial charge in [-0.25, -0.2) is 0 Å². The lowest BCUT2D eigenvalue weighted by Crippen LogP contribution is -2.30. The molecule has 2 rings (SSSR count). The number of hydrogen-bond acceptors (Lipinski definition) is 2. The van der Waals surface area contributed by atoms with E-state index >= 15 is 0 Å². The number of aryl methyl sites for hydroxylation is 1. The second-order valence-corrected chi connectivity index (χ2v) is 4.37. The van der Waals surface area contributed by atoms with E-state index in [1.54, 1.807) is 0 Å². The summed E-state index contributed by atoms with van der Waals surface area (Å²) in [7, 11) is 0. The molecule has 2 nitrogen and oxygen atoms in total. The van der Waals surface area contributed by atoms with Crippen LogP contribution in [0.2, 0.25) is 0 Å². The van der Waals surface area contributed by atoms with E-state index in [1.807, 2.05) is 13.1 Å². The van der Waals surface area contributed by atoms with Gasteiger partial charge in [-0.3, -0.25) is 4.98 Å². The van der Waals surface area contributed by atoms with Gasteiger partial charge in [0.2, 0.25) is 0 Å². The lowest BCUT2D eigenvalue weighted by Gasteiger charge is -2.28. The zero-order valence-corrected chi connectivity index (χ0v) is 8.96. The Morgan fingerprint density at radius 3 is 2.93 bits per heavy atom. The number of hydrogen-bond donors (Lipinski definition) is 1. The summed E-state index contributed by atoms with van der Waals surface area (Å²) in [5, 5.41) is 3.55. The van der Waals surface area contributed by atoms with E-state index in [-0.39, 0.29) is 0 Å². The number of aromatic nitrogens is 1. The van der Waals surface area contributed by atoms with Crippen LogP contribution in [0.1, 0.15) is 37.1 Å². The van der Waals surface area contributed by atoms with Crippen molar-refractivity contribution in [3.8, 4) is 0 Å². The molecule has 1 aliphatic heterocycles. The molecule has 0 spiro atoms. The second kappa shape index (κ2) is 4.09. The Balaban J connectivity index is 2.10. The first-order valence-electron chi connectivity index (χ1n) is 5.41. The number of pyridine rings is 1. The normalized spacial score (nSPS) is 27.6. The summed E-state index contributed by atoms with van der Waals surface area (Å²) in [6.45, 7) is 5.50. The lowest BCUT2D eigenvalue weighted by molar-refractivity contribution is 0.325. The average Bonchev–Trinajstić information content (AvgIpc) is 2.19. The van der Waals surface area contributed by atoms with Crippen molar-refractivity contribution in [3.63, 3.8) is 0 Å². The van der Waals surface area contributed by atoms with Gasteiger partial charge in [0.15, 0.2) is 0 Å². The molecule has 0 aliphatic carbocycles. The van der Waals surface area contributed by atoms with Gasteiger partial charge in [-0.05, 0) is 43.9 Å². The molecule has 76 valence electrons. The van der Waals surface area contributed by atoms with Crippen molar-refractivity contribution in [2.24, 2.45) is 5.92 Å². The van der Waals surface area contributed by atoms with Gasteiger partial charge < -0.3 is 5.32 Å². The molecule has 0 radical (unpaired) electrons. The summed E-state index contributed by atoms with van der Waals surface area (Å²) < 4.78 is 0. The van der Waals surface area contributed by atoms with Crippen LogP contribution in [-0.4, -0.2) is 11.5 Å². The quantitative estimate of drug-likeness (QED) is 0.735. The predicted molar refractivity (Wildman–Crippen MR) is 58.1 cm³/mol. The van der Waals surface area contributed by atoms with Gasteiger partial charge in [0.1, 0.15) is 0 Å². The molecular formula is C12H18N2. The number of nitrogens with one attached hydrogen (secondary N) is 1. The van der Waals surface area contributed by atoms with Gasteiger partial charge in [0.05, 0.1) is 0 Å². The van der Waals surface area contributed by atoms with Crippen LogP contribution in [0.4, 0.5) is 0 Å². The third-order valence-electron chi connectivity index (χ3n) is 3.00. The minimum Gasteiger partial charge on any atom is -0.310 e. The molecule has 2 atom stereocenters. The SMILES string of the molecule is Cc1ccc(C2CC(C)CCN2)cn1. The van der Waals surface area contributed by atoms with Crippen molar-refractivity contribution < 1.29 is 0 Å². The average molecular weight is 190 g/mol. The monoisotopic (exact) mass is 190 g/mol. The maximum absolute atomic E-state index is 4.34. The first-order chi connectivity index (χ1) is 6.75. The first-order valence-corrected chi connectivity index (χ1v) is 5.41. The highest BCUT2D eigenvalue weighted by Gasteiger charge is 2.19. The molecule has 1 saturated heterocycles. The zero-order valence-electron chi connectivity index (χ0n) is 8.96. The van der Waals surface area contributed by atoms with E-state index in [4.69, 9.17) is 0 Å². The van der Waals surface area contributed by atoms with E-state index in [0.717, 1.165) is 18.2 Å². The van der Waals surface area contributed by atoms with Gasteiger partial charge in [-0.2, -0.15) is 0 Å². The Kier molecular flexibility index (Phi) is 2.82. The predicted octanol–water partition coefficient (Wildman–Crippen LogP) is 2.45. The highest BCUT2D eigenvalue weighted by molar-refractivity contribution is 5.17. The van der Waals surface area contributed by atoms with Crippen molar-refractivity contribution >= 4 is 0 Å². The Hall–Kier alpha value is -0.890. The second-order valence-electron chi connectivity index (χ2n) is 4.37. The first kappa shape index (κ1) is 9.66. The molecular weight excluding hydrogens is 172 g/mol. The van der Waals surface area contributed by atoms with Gasteiger partial charge in [0, 0.05) is 17.9 Å². The molecule has 2 heteroatoms. The Bertz CT molecular complexity index is 292. The fraction of sp³-hybridized carbons (Fsp3) is 0.583. The molecule has 1 aromatic heterocycles. The molecule has 0 saturated carbocycles. The molecule has 1 fully saturated rings. The molecule has 1 N–H and O–H groups in total. The summed E-state index contributed by atoms with van der Waals surface area (Å²) in [5.74, 6) is 0.836. The van der Waals surface area contributed by atoms with Crippen LogP contribution in [0.25, 0.3) is 0 Å². The van der Waals surface area contributed by atoms with Crippen LogP contribution in [0.15, 0.2) is 18.3 Å². The summed E-state index contributed by atoms with van der Waals surface area (Å²) >= 11 is 0. The molecule has 2 unspecified atom stereocenters. The van der Waals surface area contributed by atoms with Crippen LogP contribution in [0.3, 0.4) is 0 Å². The van der Waals surface area contributed by atoms with Gasteiger partial charge in [0.25, 0.3) is 0 Å². The van der Waals surface area contributed by atoms with Crippen molar-refractivity contribution in [2.75, 3.05) is 6.54 Å². The fourth-order valence-electron chi connectivity index (χ4n) is 2.05. The van der Waals surface area contributed by atoms with Gasteiger partial charge >= 0.3 is 0 Å². The lowest BCUT2D eigenvalue weighted by atomic mass is 9.91. The third kappa shape index (κ3) is 2.13.